The van der Waals surface area contributed by atoms with Gasteiger partial charge in [0.1, 0.15) is 11.9 Å². The van der Waals surface area contributed by atoms with Gasteiger partial charge in [0.15, 0.2) is 0 Å². The molecule has 1 aliphatic heterocycles. The summed E-state index contributed by atoms with van der Waals surface area (Å²) >= 11 is 1.74. The number of hydrogen-bond donors (Lipinski definition) is 1. The van der Waals surface area contributed by atoms with E-state index in [2.05, 4.69) is 32.4 Å². The number of nitrogens with zero attached hydrogens (tertiary/aromatic N) is 4. The van der Waals surface area contributed by atoms with Gasteiger partial charge in [-0.3, -0.25) is 9.88 Å². The van der Waals surface area contributed by atoms with Crippen molar-refractivity contribution in [2.75, 3.05) is 13.1 Å². The van der Waals surface area contributed by atoms with Crippen LogP contribution < -0.4 is 0 Å². The maximum Gasteiger partial charge on any atom is 0.137 e. The molecule has 1 aliphatic rings. The van der Waals surface area contributed by atoms with Gasteiger partial charge in [-0.15, -0.1) is 11.3 Å². The van der Waals surface area contributed by atoms with Crippen LogP contribution in [0.3, 0.4) is 0 Å². The van der Waals surface area contributed by atoms with E-state index in [0.29, 0.717) is 5.92 Å². The molecule has 1 N–H and O–H groups in total. The predicted octanol–water partition coefficient (Wildman–Crippen LogP) is 2.98. The second-order valence-corrected chi connectivity index (χ2v) is 7.55. The zero-order valence-corrected chi connectivity index (χ0v) is 14.6. The van der Waals surface area contributed by atoms with Crippen LogP contribution in [0.25, 0.3) is 10.2 Å². The molecule has 1 saturated heterocycles. The van der Waals surface area contributed by atoms with E-state index >= 15 is 0 Å². The zero-order valence-electron chi connectivity index (χ0n) is 13.8. The van der Waals surface area contributed by atoms with Crippen LogP contribution in [0.1, 0.15) is 30.3 Å². The molecule has 6 heteroatoms. The van der Waals surface area contributed by atoms with Gasteiger partial charge in [-0.1, -0.05) is 0 Å². The van der Waals surface area contributed by atoms with Crippen LogP contribution in [0, 0.1) is 5.92 Å². The van der Waals surface area contributed by atoms with Crippen molar-refractivity contribution in [1.29, 1.82) is 0 Å². The van der Waals surface area contributed by atoms with Crippen LogP contribution >= 0.6 is 11.3 Å². The van der Waals surface area contributed by atoms with Gasteiger partial charge in [0.05, 0.1) is 10.2 Å². The Hall–Kier alpha value is -1.76. The Morgan fingerprint density at radius 1 is 1.33 bits per heavy atom. The van der Waals surface area contributed by atoms with E-state index in [1.54, 1.807) is 17.5 Å². The first kappa shape index (κ1) is 15.7. The topological polar surface area (TPSA) is 54.2 Å². The van der Waals surface area contributed by atoms with E-state index in [1.165, 1.54) is 10.3 Å². The van der Waals surface area contributed by atoms with Crippen LogP contribution in [0.4, 0.5) is 0 Å². The first-order valence-electron chi connectivity index (χ1n) is 8.40. The fourth-order valence-corrected chi connectivity index (χ4v) is 4.34. The molecule has 0 spiro atoms. The summed E-state index contributed by atoms with van der Waals surface area (Å²) in [5.41, 5.74) is 2.36. The van der Waals surface area contributed by atoms with Gasteiger partial charge >= 0.3 is 0 Å². The van der Waals surface area contributed by atoms with Gasteiger partial charge in [0, 0.05) is 32.2 Å². The number of pyridine rings is 1. The van der Waals surface area contributed by atoms with Crippen LogP contribution in [-0.4, -0.2) is 37.6 Å². The Kier molecular flexibility index (Phi) is 4.35. The average Bonchev–Trinajstić information content (AvgIpc) is 3.23. The minimum absolute atomic E-state index is 0.292. The van der Waals surface area contributed by atoms with Crippen LogP contribution in [-0.2, 0) is 13.6 Å². The fraction of sp³-hybridized carbons (Fsp3) is 0.444. The Bertz CT molecular complexity index is 819. The molecule has 1 unspecified atom stereocenters. The monoisotopic (exact) mass is 342 g/mol. The van der Waals surface area contributed by atoms with Gasteiger partial charge in [-0.05, 0) is 54.9 Å². The number of aromatic nitrogens is 3. The summed E-state index contributed by atoms with van der Waals surface area (Å²) < 4.78 is 3.17. The smallest absolute Gasteiger partial charge is 0.137 e. The third-order valence-corrected chi connectivity index (χ3v) is 5.82. The number of aryl methyl sites for hydroxylation is 1. The van der Waals surface area contributed by atoms with E-state index in [4.69, 9.17) is 0 Å². The van der Waals surface area contributed by atoms with E-state index < -0.39 is 6.10 Å². The molecular weight excluding hydrogens is 320 g/mol. The van der Waals surface area contributed by atoms with Crippen molar-refractivity contribution in [3.63, 3.8) is 0 Å². The first-order chi connectivity index (χ1) is 11.7. The molecule has 0 aliphatic carbocycles. The quantitative estimate of drug-likeness (QED) is 0.792. The maximum atomic E-state index is 10.6. The van der Waals surface area contributed by atoms with Crippen molar-refractivity contribution in [1.82, 2.24) is 19.4 Å². The summed E-state index contributed by atoms with van der Waals surface area (Å²) in [6.07, 6.45) is 7.18. The molecule has 3 aromatic rings. The van der Waals surface area contributed by atoms with Crippen molar-refractivity contribution in [2.24, 2.45) is 13.0 Å². The number of imidazole rings is 1. The molecule has 0 aromatic carbocycles. The molecule has 5 nitrogen and oxygen atoms in total. The highest BCUT2D eigenvalue weighted by Gasteiger charge is 2.28. The van der Waals surface area contributed by atoms with Crippen molar-refractivity contribution in [3.05, 3.63) is 47.5 Å². The maximum absolute atomic E-state index is 10.6. The number of aliphatic hydroxyl groups excluding tert-OH is 1. The van der Waals surface area contributed by atoms with Crippen LogP contribution in [0.15, 0.2) is 36.1 Å². The lowest BCUT2D eigenvalue weighted by Gasteiger charge is -2.34. The van der Waals surface area contributed by atoms with Gasteiger partial charge in [0.2, 0.25) is 0 Å². The number of aliphatic hydroxyl groups is 1. The fourth-order valence-electron chi connectivity index (χ4n) is 3.53. The third kappa shape index (κ3) is 3.09. The van der Waals surface area contributed by atoms with Gasteiger partial charge in [-0.25, -0.2) is 4.98 Å². The number of hydrogen-bond acceptors (Lipinski definition) is 5. The highest BCUT2D eigenvalue weighted by molar-refractivity contribution is 7.17. The molecule has 0 saturated carbocycles. The molecule has 0 radical (unpaired) electrons. The van der Waals surface area contributed by atoms with Gasteiger partial charge in [0.25, 0.3) is 0 Å². The second-order valence-electron chi connectivity index (χ2n) is 6.60. The SMILES string of the molecule is Cn1ccnc1C(O)C1CCN(Cc2cnc3ccsc3c2)CC1. The predicted molar refractivity (Wildman–Crippen MR) is 95.8 cm³/mol. The molecule has 126 valence electrons. The summed E-state index contributed by atoms with van der Waals surface area (Å²) in [4.78, 5) is 11.3. The standard InChI is InChI=1S/C18H22N4OS/c1-21-8-5-19-18(21)17(23)14-2-6-22(7-3-14)12-13-10-16-15(20-11-13)4-9-24-16/h4-5,8-11,14,17,23H,2-3,6-7,12H2,1H3. The van der Waals surface area contributed by atoms with E-state index in [0.717, 1.165) is 43.8 Å². The summed E-state index contributed by atoms with van der Waals surface area (Å²) in [6.45, 7) is 2.95. The lowest BCUT2D eigenvalue weighted by molar-refractivity contribution is 0.0492. The minimum Gasteiger partial charge on any atom is -0.385 e. The number of fused-ring (bicyclic) bond motifs is 1. The molecule has 3 aromatic heterocycles. The van der Waals surface area contributed by atoms with E-state index in [1.807, 2.05) is 24.0 Å². The molecule has 1 atom stereocenters. The highest BCUT2D eigenvalue weighted by Crippen LogP contribution is 2.30. The van der Waals surface area contributed by atoms with E-state index in [-0.39, 0.29) is 0 Å². The molecule has 4 rings (SSSR count). The molecular formula is C18H22N4OS. The first-order valence-corrected chi connectivity index (χ1v) is 9.28. The largest absolute Gasteiger partial charge is 0.385 e. The zero-order chi connectivity index (χ0) is 16.5. The van der Waals surface area contributed by atoms with Crippen molar-refractivity contribution in [3.8, 4) is 0 Å². The number of thiophene rings is 1. The Morgan fingerprint density at radius 3 is 2.92 bits per heavy atom. The van der Waals surface area contributed by atoms with Crippen molar-refractivity contribution in [2.45, 2.75) is 25.5 Å². The minimum atomic E-state index is -0.462. The average molecular weight is 342 g/mol. The van der Waals surface area contributed by atoms with Crippen molar-refractivity contribution >= 4 is 21.6 Å². The number of rotatable bonds is 4. The summed E-state index contributed by atoms with van der Waals surface area (Å²) in [6, 6.07) is 4.32. The van der Waals surface area contributed by atoms with Crippen LogP contribution in [0.2, 0.25) is 0 Å². The molecule has 1 fully saturated rings. The number of piperidine rings is 1. The van der Waals surface area contributed by atoms with Gasteiger partial charge in [-0.2, -0.15) is 0 Å². The summed E-state index contributed by atoms with van der Waals surface area (Å²) in [5.74, 6) is 1.07. The summed E-state index contributed by atoms with van der Waals surface area (Å²) in [7, 11) is 1.94. The molecule has 0 bridgehead atoms. The lowest BCUT2D eigenvalue weighted by atomic mass is 9.90. The number of likely N-dealkylation sites (tertiary alicyclic amines) is 1. The molecule has 24 heavy (non-hydrogen) atoms. The Morgan fingerprint density at radius 2 is 2.17 bits per heavy atom. The lowest BCUT2D eigenvalue weighted by Crippen LogP contribution is -2.35. The Balaban J connectivity index is 1.36. The summed E-state index contributed by atoms with van der Waals surface area (Å²) in [5, 5.41) is 12.7. The molecule has 4 heterocycles. The van der Waals surface area contributed by atoms with E-state index in [9.17, 15) is 5.11 Å². The Labute approximate surface area is 145 Å². The molecule has 0 amide bonds. The third-order valence-electron chi connectivity index (χ3n) is 4.97. The second kappa shape index (κ2) is 6.63. The normalized spacial score (nSPS) is 18.2. The van der Waals surface area contributed by atoms with Crippen LogP contribution in [0.5, 0.6) is 0 Å². The highest BCUT2D eigenvalue weighted by atomic mass is 32.1. The van der Waals surface area contributed by atoms with Gasteiger partial charge < -0.3 is 9.67 Å². The van der Waals surface area contributed by atoms with Crippen molar-refractivity contribution < 1.29 is 5.11 Å².